The molecule has 3 amide bonds. The Balaban J connectivity index is 1.48. The summed E-state index contributed by atoms with van der Waals surface area (Å²) >= 11 is 0.324. The van der Waals surface area contributed by atoms with Crippen molar-refractivity contribution >= 4 is 29.1 Å². The molecule has 0 saturated carbocycles. The van der Waals surface area contributed by atoms with Crippen LogP contribution in [0.4, 0.5) is 30.7 Å². The number of pyridine rings is 1. The summed E-state index contributed by atoms with van der Waals surface area (Å²) in [4.78, 5) is 50.3. The number of carbonyl (C=O) groups is 3. The lowest BCUT2D eigenvalue weighted by atomic mass is 9.78. The molecule has 0 aliphatic carbocycles. The first-order valence-electron chi connectivity index (χ1n) is 17.3. The van der Waals surface area contributed by atoms with Gasteiger partial charge < -0.3 is 24.5 Å². The summed E-state index contributed by atoms with van der Waals surface area (Å²) in [5.74, 6) is -3.39. The highest BCUT2D eigenvalue weighted by molar-refractivity contribution is 7.10. The maximum Gasteiger partial charge on any atom is 0.425 e. The van der Waals surface area contributed by atoms with Gasteiger partial charge in [-0.2, -0.15) is 26.3 Å². The molecule has 1 N–H and O–H groups in total. The molecule has 286 valence electrons. The zero-order valence-corrected chi connectivity index (χ0v) is 29.4. The van der Waals surface area contributed by atoms with Crippen molar-refractivity contribution in [1.29, 1.82) is 0 Å². The Hall–Kier alpha value is -4.25. The molecule has 0 bridgehead atoms. The van der Waals surface area contributed by atoms with Crippen molar-refractivity contribution in [2.24, 2.45) is 0 Å². The molecule has 3 aliphatic rings. The highest BCUT2D eigenvalue weighted by Gasteiger charge is 2.58. The molecule has 3 aromatic rings. The van der Waals surface area contributed by atoms with E-state index in [0.29, 0.717) is 28.5 Å². The van der Waals surface area contributed by atoms with E-state index in [1.165, 1.54) is 28.0 Å². The van der Waals surface area contributed by atoms with Gasteiger partial charge in [-0.25, -0.2) is 4.39 Å². The number of aromatic nitrogens is 1. The predicted molar refractivity (Wildman–Crippen MR) is 177 cm³/mol. The number of carbonyl (C=O) groups excluding carboxylic acids is 3. The summed E-state index contributed by atoms with van der Waals surface area (Å²) < 4.78 is 104. The van der Waals surface area contributed by atoms with Gasteiger partial charge in [-0.1, -0.05) is 19.4 Å². The van der Waals surface area contributed by atoms with Gasteiger partial charge in [0.2, 0.25) is 11.5 Å². The SMILES string of the molecule is CCC[C@H]1N(C(=O)c2ncccc2C(F)(F)F)CCC[C@@]1(Oc1csc(C(F)(F)F)c1)C(=O)N1Cc2ccc(F)cc2C[C@@H]1C(=O)N1CCC(O)CC1. The number of alkyl halides is 6. The molecule has 0 unspecified atom stereocenters. The van der Waals surface area contributed by atoms with Crippen LogP contribution in [0.1, 0.15) is 77.5 Å². The predicted octanol–water partition coefficient (Wildman–Crippen LogP) is 6.48. The summed E-state index contributed by atoms with van der Waals surface area (Å²) in [6.45, 7) is 1.72. The maximum absolute atomic E-state index is 15.4. The van der Waals surface area contributed by atoms with Crippen LogP contribution >= 0.6 is 11.3 Å². The highest BCUT2D eigenvalue weighted by atomic mass is 32.1. The minimum atomic E-state index is -4.96. The second-order valence-electron chi connectivity index (χ2n) is 13.6. The number of rotatable bonds is 7. The summed E-state index contributed by atoms with van der Waals surface area (Å²) in [5, 5.41) is 11.1. The van der Waals surface area contributed by atoms with Gasteiger partial charge in [-0.05, 0) is 61.1 Å². The van der Waals surface area contributed by atoms with Crippen molar-refractivity contribution in [3.63, 3.8) is 0 Å². The van der Waals surface area contributed by atoms with Crippen LogP contribution in [0.2, 0.25) is 0 Å². The van der Waals surface area contributed by atoms with E-state index in [2.05, 4.69) is 4.98 Å². The summed E-state index contributed by atoms with van der Waals surface area (Å²) in [6, 6.07) is 3.84. The average Bonchev–Trinajstić information content (AvgIpc) is 3.60. The number of nitrogens with zero attached hydrogens (tertiary/aromatic N) is 4. The third-order valence-corrected chi connectivity index (χ3v) is 11.1. The normalized spacial score (nSPS) is 22.8. The van der Waals surface area contributed by atoms with Gasteiger partial charge in [0.25, 0.3) is 11.8 Å². The molecule has 2 saturated heterocycles. The number of hydrogen-bond donors (Lipinski definition) is 1. The number of piperidine rings is 2. The Kier molecular flexibility index (Phi) is 10.8. The van der Waals surface area contributed by atoms with E-state index in [4.69, 9.17) is 4.74 Å². The minimum absolute atomic E-state index is 0.000406. The summed E-state index contributed by atoms with van der Waals surface area (Å²) in [7, 11) is 0. The Bertz CT molecular complexity index is 1840. The van der Waals surface area contributed by atoms with E-state index in [-0.39, 0.29) is 76.9 Å². The van der Waals surface area contributed by atoms with Crippen LogP contribution in [0.5, 0.6) is 5.75 Å². The van der Waals surface area contributed by atoms with Crippen molar-refractivity contribution in [2.75, 3.05) is 19.6 Å². The molecular formula is C36H37F7N4O5S. The van der Waals surface area contributed by atoms with Crippen molar-refractivity contribution in [2.45, 2.75) is 94.6 Å². The lowest BCUT2D eigenvalue weighted by molar-refractivity contribution is -0.167. The fraction of sp³-hybridized carbons (Fsp3) is 0.500. The largest absolute Gasteiger partial charge is 0.474 e. The summed E-state index contributed by atoms with van der Waals surface area (Å²) in [5.41, 5.74) is -3.41. The Labute approximate surface area is 304 Å². The van der Waals surface area contributed by atoms with Crippen molar-refractivity contribution in [1.82, 2.24) is 19.7 Å². The van der Waals surface area contributed by atoms with Crippen LogP contribution in [0.3, 0.4) is 0 Å². The molecule has 2 fully saturated rings. The third-order valence-electron chi connectivity index (χ3n) is 10.1. The summed E-state index contributed by atoms with van der Waals surface area (Å²) in [6.07, 6.45) is -8.74. The van der Waals surface area contributed by atoms with Crippen molar-refractivity contribution < 1.29 is 55.0 Å². The second-order valence-corrected chi connectivity index (χ2v) is 14.5. The molecule has 0 spiro atoms. The Morgan fingerprint density at radius 1 is 1.00 bits per heavy atom. The van der Waals surface area contributed by atoms with Gasteiger partial charge in [0.1, 0.15) is 28.2 Å². The van der Waals surface area contributed by atoms with Crippen LogP contribution in [0, 0.1) is 5.82 Å². The molecular weight excluding hydrogens is 733 g/mol. The zero-order chi connectivity index (χ0) is 38.3. The molecule has 2 aromatic heterocycles. The van der Waals surface area contributed by atoms with Gasteiger partial charge in [-0.15, -0.1) is 11.3 Å². The first kappa shape index (κ1) is 38.5. The van der Waals surface area contributed by atoms with Gasteiger partial charge in [0.05, 0.1) is 17.7 Å². The van der Waals surface area contributed by atoms with Crippen LogP contribution in [0.15, 0.2) is 48.0 Å². The van der Waals surface area contributed by atoms with E-state index in [1.807, 2.05) is 0 Å². The van der Waals surface area contributed by atoms with E-state index in [1.54, 1.807) is 6.92 Å². The Morgan fingerprint density at radius 3 is 2.40 bits per heavy atom. The molecule has 0 radical (unpaired) electrons. The molecule has 5 heterocycles. The number of likely N-dealkylation sites (tertiary alicyclic amines) is 2. The first-order chi connectivity index (χ1) is 25.0. The van der Waals surface area contributed by atoms with Crippen LogP contribution < -0.4 is 4.74 Å². The van der Waals surface area contributed by atoms with E-state index >= 15 is 4.79 Å². The highest BCUT2D eigenvalue weighted by Crippen LogP contribution is 2.43. The number of aliphatic hydroxyl groups is 1. The van der Waals surface area contributed by atoms with Gasteiger partial charge in [0, 0.05) is 56.7 Å². The van der Waals surface area contributed by atoms with E-state index in [0.717, 1.165) is 28.6 Å². The van der Waals surface area contributed by atoms with Crippen LogP contribution in [-0.4, -0.2) is 85.9 Å². The monoisotopic (exact) mass is 770 g/mol. The number of fused-ring (bicyclic) bond motifs is 1. The number of halogens is 7. The second kappa shape index (κ2) is 14.9. The molecule has 3 aliphatic heterocycles. The minimum Gasteiger partial charge on any atom is -0.474 e. The lowest BCUT2D eigenvalue weighted by Crippen LogP contribution is -2.70. The van der Waals surface area contributed by atoms with Crippen molar-refractivity contribution in [3.05, 3.63) is 81.1 Å². The van der Waals surface area contributed by atoms with Crippen molar-refractivity contribution in [3.8, 4) is 5.75 Å². The third kappa shape index (κ3) is 7.72. The molecule has 53 heavy (non-hydrogen) atoms. The fourth-order valence-corrected chi connectivity index (χ4v) is 8.28. The number of thiophene rings is 1. The van der Waals surface area contributed by atoms with Crippen LogP contribution in [0.25, 0.3) is 0 Å². The van der Waals surface area contributed by atoms with E-state index < -0.39 is 75.8 Å². The van der Waals surface area contributed by atoms with Crippen LogP contribution in [-0.2, 0) is 34.9 Å². The van der Waals surface area contributed by atoms with Gasteiger partial charge in [0.15, 0.2) is 0 Å². The smallest absolute Gasteiger partial charge is 0.425 e. The first-order valence-corrected chi connectivity index (χ1v) is 18.1. The standard InChI is InChI=1S/C36H37F7N4O5S/c1-2-5-28-34(52-25-18-29(53-20-25)36(41,42)43,11-4-13-46(28)32(50)30-26(35(38,39)40)6-3-12-44-30)33(51)47-19-21-7-8-23(37)16-22(21)17-27(47)31(49)45-14-9-24(48)10-15-45/h3,6-8,12,16,18,20,24,27-28,48H,2,4-5,9-11,13-15,17,19H2,1H3/t27-,28-,34+/m1/s1. The molecule has 9 nitrogen and oxygen atoms in total. The Morgan fingerprint density at radius 2 is 1.74 bits per heavy atom. The zero-order valence-electron chi connectivity index (χ0n) is 28.6. The lowest BCUT2D eigenvalue weighted by Gasteiger charge is -2.51. The van der Waals surface area contributed by atoms with E-state index in [9.17, 15) is 45.4 Å². The molecule has 3 atom stereocenters. The quantitative estimate of drug-likeness (QED) is 0.276. The topological polar surface area (TPSA) is 103 Å². The fourth-order valence-electron chi connectivity index (χ4n) is 7.60. The number of ether oxygens (including phenoxy) is 1. The van der Waals surface area contributed by atoms with Gasteiger partial charge >= 0.3 is 12.4 Å². The number of amides is 3. The number of hydrogen-bond acceptors (Lipinski definition) is 7. The molecule has 17 heteroatoms. The molecule has 1 aromatic carbocycles. The van der Waals surface area contributed by atoms with Gasteiger partial charge in [-0.3, -0.25) is 19.4 Å². The maximum atomic E-state index is 15.4. The average molecular weight is 771 g/mol. The number of benzene rings is 1. The molecule has 6 rings (SSSR count). The number of aliphatic hydroxyl groups excluding tert-OH is 1.